The van der Waals surface area contributed by atoms with Crippen LogP contribution in [0.3, 0.4) is 0 Å². The van der Waals surface area contributed by atoms with E-state index < -0.39 is 11.7 Å². The van der Waals surface area contributed by atoms with Gasteiger partial charge in [0.2, 0.25) is 0 Å². The average molecular weight is 429 g/mol. The molecule has 0 aliphatic carbocycles. The van der Waals surface area contributed by atoms with Crippen LogP contribution in [0.2, 0.25) is 0 Å². The number of hydrogen-bond donors (Lipinski definition) is 1. The van der Waals surface area contributed by atoms with Crippen molar-refractivity contribution in [2.24, 2.45) is 5.92 Å². The van der Waals surface area contributed by atoms with Gasteiger partial charge in [0.15, 0.2) is 0 Å². The molecule has 31 heavy (non-hydrogen) atoms. The molecule has 0 radical (unpaired) electrons. The molecule has 0 saturated carbocycles. The van der Waals surface area contributed by atoms with Crippen molar-refractivity contribution in [3.8, 4) is 0 Å². The van der Waals surface area contributed by atoms with Crippen LogP contribution in [0.5, 0.6) is 0 Å². The topological polar surface area (TPSA) is 76.5 Å². The zero-order chi connectivity index (χ0) is 22.3. The number of hydrogen-bond acceptors (Lipinski definition) is 4. The van der Waals surface area contributed by atoms with Crippen LogP contribution < -0.4 is 10.2 Å². The predicted octanol–water partition coefficient (Wildman–Crippen LogP) is 3.70. The fraction of sp³-hybridized carbons (Fsp3) is 0.522. The highest BCUT2D eigenvalue weighted by molar-refractivity contribution is 6.08. The van der Waals surface area contributed by atoms with Gasteiger partial charge in [0, 0.05) is 24.8 Å². The minimum atomic E-state index is -0.541. The molecular weight excluding hydrogens is 399 g/mol. The molecule has 2 aliphatic rings. The van der Waals surface area contributed by atoms with Crippen molar-refractivity contribution >= 4 is 17.7 Å². The molecule has 1 aromatic carbocycles. The number of aromatic nitrogens is 2. The zero-order valence-electron chi connectivity index (χ0n) is 18.4. The largest absolute Gasteiger partial charge is 0.444 e. The SMILES string of the molecule is CC1Cc2cc(F)ccc2N1C(=O)c1cnn2c1CC(CNC(=O)OC(C)(C)C)CC2. The summed E-state index contributed by atoms with van der Waals surface area (Å²) in [5, 5.41) is 7.26. The summed E-state index contributed by atoms with van der Waals surface area (Å²) in [5.74, 6) is -0.205. The van der Waals surface area contributed by atoms with Crippen molar-refractivity contribution in [1.29, 1.82) is 0 Å². The van der Waals surface area contributed by atoms with Gasteiger partial charge in [-0.3, -0.25) is 9.48 Å². The molecule has 2 unspecified atom stereocenters. The lowest BCUT2D eigenvalue weighted by Crippen LogP contribution is -2.38. The van der Waals surface area contributed by atoms with Gasteiger partial charge in [-0.1, -0.05) is 0 Å². The summed E-state index contributed by atoms with van der Waals surface area (Å²) in [6.07, 6.45) is 3.34. The van der Waals surface area contributed by atoms with Crippen molar-refractivity contribution in [2.45, 2.75) is 65.1 Å². The van der Waals surface area contributed by atoms with Crippen molar-refractivity contribution in [1.82, 2.24) is 15.1 Å². The number of amides is 2. The molecule has 2 atom stereocenters. The number of anilines is 1. The normalized spacial score (nSPS) is 20.2. The van der Waals surface area contributed by atoms with Gasteiger partial charge in [-0.05, 0) is 76.6 Å². The van der Waals surface area contributed by atoms with Crippen LogP contribution in [-0.2, 0) is 24.1 Å². The quantitative estimate of drug-likeness (QED) is 0.809. The van der Waals surface area contributed by atoms with Crippen molar-refractivity contribution in [3.05, 3.63) is 47.0 Å². The minimum absolute atomic E-state index is 0.0481. The number of ether oxygens (including phenoxy) is 1. The number of halogens is 1. The van der Waals surface area contributed by atoms with E-state index in [1.807, 2.05) is 32.4 Å². The molecule has 0 fully saturated rings. The van der Waals surface area contributed by atoms with E-state index in [0.29, 0.717) is 31.5 Å². The fourth-order valence-electron chi connectivity index (χ4n) is 4.43. The lowest BCUT2D eigenvalue weighted by molar-refractivity contribution is 0.0516. The van der Waals surface area contributed by atoms with Gasteiger partial charge in [-0.15, -0.1) is 0 Å². The summed E-state index contributed by atoms with van der Waals surface area (Å²) in [5.41, 5.74) is 2.53. The van der Waals surface area contributed by atoms with Crippen molar-refractivity contribution in [3.63, 3.8) is 0 Å². The molecule has 0 spiro atoms. The first-order valence-electron chi connectivity index (χ1n) is 10.8. The number of fused-ring (bicyclic) bond motifs is 2. The molecule has 166 valence electrons. The summed E-state index contributed by atoms with van der Waals surface area (Å²) in [4.78, 5) is 27.2. The molecule has 4 rings (SSSR count). The summed E-state index contributed by atoms with van der Waals surface area (Å²) in [6.45, 7) is 8.64. The molecule has 2 aliphatic heterocycles. The Morgan fingerprint density at radius 3 is 2.81 bits per heavy atom. The van der Waals surface area contributed by atoms with Gasteiger partial charge in [0.05, 0.1) is 17.5 Å². The maximum absolute atomic E-state index is 13.6. The lowest BCUT2D eigenvalue weighted by atomic mass is 9.94. The molecule has 7 nitrogen and oxygen atoms in total. The van der Waals surface area contributed by atoms with E-state index in [2.05, 4.69) is 10.4 Å². The molecule has 2 amide bonds. The second-order valence-electron chi connectivity index (χ2n) is 9.47. The molecule has 0 saturated heterocycles. The molecule has 1 aromatic heterocycles. The number of rotatable bonds is 3. The maximum atomic E-state index is 13.6. The monoisotopic (exact) mass is 428 g/mol. The first kappa shape index (κ1) is 21.3. The number of aryl methyl sites for hydroxylation is 1. The Labute approximate surface area is 181 Å². The Kier molecular flexibility index (Phi) is 5.49. The van der Waals surface area contributed by atoms with Crippen LogP contribution in [0.25, 0.3) is 0 Å². The molecule has 2 aromatic rings. The van der Waals surface area contributed by atoms with Crippen LogP contribution in [-0.4, -0.2) is 40.0 Å². The van der Waals surface area contributed by atoms with Gasteiger partial charge >= 0.3 is 6.09 Å². The second kappa shape index (κ2) is 7.98. The van der Waals surface area contributed by atoms with Crippen molar-refractivity contribution < 1.29 is 18.7 Å². The summed E-state index contributed by atoms with van der Waals surface area (Å²) in [6, 6.07) is 4.52. The number of benzene rings is 1. The summed E-state index contributed by atoms with van der Waals surface area (Å²) in [7, 11) is 0. The highest BCUT2D eigenvalue weighted by Gasteiger charge is 2.35. The Morgan fingerprint density at radius 1 is 1.29 bits per heavy atom. The minimum Gasteiger partial charge on any atom is -0.444 e. The van der Waals surface area contributed by atoms with Gasteiger partial charge in [-0.25, -0.2) is 9.18 Å². The number of nitrogens with zero attached hydrogens (tertiary/aromatic N) is 3. The first-order chi connectivity index (χ1) is 14.6. The molecule has 1 N–H and O–H groups in total. The maximum Gasteiger partial charge on any atom is 0.407 e. The highest BCUT2D eigenvalue weighted by Crippen LogP contribution is 2.35. The third-order valence-corrected chi connectivity index (χ3v) is 5.82. The number of alkyl carbamates (subject to hydrolysis) is 1. The predicted molar refractivity (Wildman–Crippen MR) is 115 cm³/mol. The van der Waals surface area contributed by atoms with Gasteiger partial charge in [0.25, 0.3) is 5.91 Å². The number of carbonyl (C=O) groups is 2. The third kappa shape index (κ3) is 4.43. The van der Waals surface area contributed by atoms with Gasteiger partial charge < -0.3 is 15.0 Å². The highest BCUT2D eigenvalue weighted by atomic mass is 19.1. The van der Waals surface area contributed by atoms with Crippen LogP contribution in [0.1, 0.15) is 55.7 Å². The van der Waals surface area contributed by atoms with Crippen molar-refractivity contribution in [2.75, 3.05) is 11.4 Å². The van der Waals surface area contributed by atoms with Gasteiger partial charge in [-0.2, -0.15) is 5.10 Å². The Hall–Kier alpha value is -2.90. The van der Waals surface area contributed by atoms with Crippen LogP contribution in [0, 0.1) is 11.7 Å². The van der Waals surface area contributed by atoms with E-state index in [-0.39, 0.29) is 23.7 Å². The van der Waals surface area contributed by atoms with Crippen LogP contribution in [0.4, 0.5) is 14.9 Å². The van der Waals surface area contributed by atoms with E-state index in [1.54, 1.807) is 17.2 Å². The molecule has 3 heterocycles. The number of nitrogens with one attached hydrogen (secondary N) is 1. The zero-order valence-corrected chi connectivity index (χ0v) is 18.4. The van der Waals surface area contributed by atoms with E-state index in [4.69, 9.17) is 4.74 Å². The molecule has 0 bridgehead atoms. The first-order valence-corrected chi connectivity index (χ1v) is 10.8. The van der Waals surface area contributed by atoms with E-state index in [9.17, 15) is 14.0 Å². The van der Waals surface area contributed by atoms with Crippen LogP contribution >= 0.6 is 0 Å². The second-order valence-corrected chi connectivity index (χ2v) is 9.47. The Balaban J connectivity index is 1.48. The summed E-state index contributed by atoms with van der Waals surface area (Å²) >= 11 is 0. The van der Waals surface area contributed by atoms with E-state index >= 15 is 0 Å². The summed E-state index contributed by atoms with van der Waals surface area (Å²) < 4.78 is 20.8. The smallest absolute Gasteiger partial charge is 0.407 e. The fourth-order valence-corrected chi connectivity index (χ4v) is 4.43. The number of carbonyl (C=O) groups excluding carboxylic acids is 2. The lowest BCUT2D eigenvalue weighted by Gasteiger charge is -2.27. The molecule has 8 heteroatoms. The Bertz CT molecular complexity index is 1010. The average Bonchev–Trinajstić information content (AvgIpc) is 3.24. The Morgan fingerprint density at radius 2 is 2.06 bits per heavy atom. The standard InChI is InChI=1S/C23H29FN4O3/c1-14-9-16-11-17(24)5-6-19(16)28(14)21(29)18-13-26-27-8-7-15(10-20(18)27)12-25-22(30)31-23(2,3)4/h5-6,11,13-15H,7-10,12H2,1-4H3,(H,25,30). The van der Waals surface area contributed by atoms with Crippen LogP contribution in [0.15, 0.2) is 24.4 Å². The third-order valence-electron chi connectivity index (χ3n) is 5.82. The van der Waals surface area contributed by atoms with Gasteiger partial charge in [0.1, 0.15) is 11.4 Å². The van der Waals surface area contributed by atoms with E-state index in [0.717, 1.165) is 23.4 Å². The molecular formula is C23H29FN4O3. The van der Waals surface area contributed by atoms with E-state index in [1.165, 1.54) is 12.1 Å².